The van der Waals surface area contributed by atoms with Crippen molar-refractivity contribution in [2.45, 2.75) is 0 Å². The summed E-state index contributed by atoms with van der Waals surface area (Å²) in [5.41, 5.74) is -1.57. The summed E-state index contributed by atoms with van der Waals surface area (Å²) in [4.78, 5) is 20.7. The summed E-state index contributed by atoms with van der Waals surface area (Å²) in [5, 5.41) is 4.31. The Balaban J connectivity index is 1.83. The van der Waals surface area contributed by atoms with Crippen molar-refractivity contribution in [3.05, 3.63) is 63.7 Å². The van der Waals surface area contributed by atoms with Gasteiger partial charge in [0, 0.05) is 25.5 Å². The van der Waals surface area contributed by atoms with Gasteiger partial charge in [-0.2, -0.15) is 9.78 Å². The summed E-state index contributed by atoms with van der Waals surface area (Å²) in [6, 6.07) is 5.09. The molecule has 0 fully saturated rings. The Hall–Kier alpha value is -3.89. The number of methoxy groups -OCH3 is 1. The quantitative estimate of drug-likeness (QED) is 0.304. The van der Waals surface area contributed by atoms with Crippen molar-refractivity contribution in [1.82, 2.24) is 14.6 Å². The molecule has 0 atom stereocenters. The van der Waals surface area contributed by atoms with Crippen LogP contribution >= 0.6 is 0 Å². The number of halogens is 4. The molecular weight excluding hydrogens is 418 g/mol. The predicted octanol–water partition coefficient (Wildman–Crippen LogP) is 3.39. The third-order valence-corrected chi connectivity index (χ3v) is 4.73. The monoisotopic (exact) mass is 433 g/mol. The Bertz CT molecular complexity index is 1400. The number of aromatic amines is 1. The van der Waals surface area contributed by atoms with Gasteiger partial charge in [-0.3, -0.25) is 4.79 Å². The Kier molecular flexibility index (Phi) is 4.88. The minimum absolute atomic E-state index is 0.0872. The van der Waals surface area contributed by atoms with Crippen LogP contribution in [0.4, 0.5) is 23.2 Å². The summed E-state index contributed by atoms with van der Waals surface area (Å²) < 4.78 is 62.8. The van der Waals surface area contributed by atoms with Gasteiger partial charge in [0.15, 0.2) is 23.3 Å². The summed E-state index contributed by atoms with van der Waals surface area (Å²) in [6.07, 6.45) is 1.56. The molecule has 11 heteroatoms. The molecule has 4 rings (SSSR count). The topological polar surface area (TPSA) is 75.5 Å². The average Bonchev–Trinajstić information content (AvgIpc) is 3.12. The summed E-state index contributed by atoms with van der Waals surface area (Å²) in [7, 11) is 3.98. The van der Waals surface area contributed by atoms with Gasteiger partial charge < -0.3 is 14.6 Å². The molecule has 31 heavy (non-hydrogen) atoms. The number of benzene rings is 2. The number of ether oxygens (including phenoxy) is 1. The van der Waals surface area contributed by atoms with Crippen molar-refractivity contribution in [2.75, 3.05) is 26.1 Å². The number of hydrogen-bond donors (Lipinski definition) is 1. The van der Waals surface area contributed by atoms with Gasteiger partial charge in [0.2, 0.25) is 0 Å². The second kappa shape index (κ2) is 7.42. The van der Waals surface area contributed by atoms with Gasteiger partial charge in [-0.15, -0.1) is 0 Å². The molecule has 0 aliphatic carbocycles. The molecule has 0 saturated heterocycles. The van der Waals surface area contributed by atoms with Crippen molar-refractivity contribution in [2.24, 2.45) is 5.10 Å². The molecule has 0 amide bonds. The lowest BCUT2D eigenvalue weighted by Crippen LogP contribution is -2.19. The van der Waals surface area contributed by atoms with Gasteiger partial charge in [0.25, 0.3) is 5.56 Å². The van der Waals surface area contributed by atoms with Gasteiger partial charge >= 0.3 is 0 Å². The molecule has 0 unspecified atom stereocenters. The second-order valence-electron chi connectivity index (χ2n) is 6.81. The third kappa shape index (κ3) is 3.18. The van der Waals surface area contributed by atoms with Crippen LogP contribution in [-0.2, 0) is 0 Å². The zero-order chi connectivity index (χ0) is 22.4. The number of aromatic nitrogens is 3. The van der Waals surface area contributed by atoms with Crippen LogP contribution in [0, 0.1) is 23.3 Å². The number of nitrogens with one attached hydrogen (secondary N) is 1. The Morgan fingerprint density at radius 3 is 2.42 bits per heavy atom. The van der Waals surface area contributed by atoms with Crippen LogP contribution in [0.1, 0.15) is 5.56 Å². The largest absolute Gasteiger partial charge is 0.497 e. The van der Waals surface area contributed by atoms with Gasteiger partial charge in [-0.05, 0) is 12.1 Å². The smallest absolute Gasteiger partial charge is 0.298 e. The minimum atomic E-state index is -1.63. The van der Waals surface area contributed by atoms with E-state index >= 15 is 0 Å². The molecule has 4 aromatic rings. The highest BCUT2D eigenvalue weighted by Gasteiger charge is 2.25. The maximum atomic E-state index is 14.3. The van der Waals surface area contributed by atoms with Gasteiger partial charge in [0.05, 0.1) is 24.4 Å². The fourth-order valence-corrected chi connectivity index (χ4v) is 3.20. The van der Waals surface area contributed by atoms with E-state index < -0.39 is 40.1 Å². The number of hydrogen-bond acceptors (Lipinski definition) is 5. The summed E-state index contributed by atoms with van der Waals surface area (Å²) in [5.74, 6) is -5.85. The molecule has 0 spiro atoms. The molecule has 0 saturated carbocycles. The number of H-pyrrole nitrogens is 1. The molecular formula is C20H15F4N5O2. The summed E-state index contributed by atoms with van der Waals surface area (Å²) >= 11 is 0. The van der Waals surface area contributed by atoms with Crippen molar-refractivity contribution >= 4 is 33.8 Å². The van der Waals surface area contributed by atoms with E-state index in [9.17, 15) is 22.4 Å². The normalized spacial score (nSPS) is 11.7. The Morgan fingerprint density at radius 1 is 1.13 bits per heavy atom. The number of fused-ring (bicyclic) bond motifs is 3. The molecule has 160 valence electrons. The first kappa shape index (κ1) is 20.4. The molecule has 2 aromatic carbocycles. The van der Waals surface area contributed by atoms with E-state index in [1.54, 1.807) is 18.2 Å². The lowest BCUT2D eigenvalue weighted by molar-refractivity contribution is 0.415. The van der Waals surface area contributed by atoms with Crippen LogP contribution in [0.2, 0.25) is 0 Å². The number of nitrogens with zero attached hydrogens (tertiary/aromatic N) is 4. The molecule has 2 heterocycles. The third-order valence-electron chi connectivity index (χ3n) is 4.73. The van der Waals surface area contributed by atoms with Crippen molar-refractivity contribution in [1.29, 1.82) is 0 Å². The fraction of sp³-hybridized carbons (Fsp3) is 0.150. The Labute approximate surface area is 172 Å². The highest BCUT2D eigenvalue weighted by Crippen LogP contribution is 2.29. The van der Waals surface area contributed by atoms with Crippen LogP contribution < -0.4 is 15.2 Å². The number of rotatable bonds is 4. The molecule has 7 nitrogen and oxygen atoms in total. The van der Waals surface area contributed by atoms with Gasteiger partial charge in [-0.25, -0.2) is 22.5 Å². The lowest BCUT2D eigenvalue weighted by atomic mass is 10.1. The zero-order valence-electron chi connectivity index (χ0n) is 16.5. The van der Waals surface area contributed by atoms with E-state index in [-0.39, 0.29) is 5.52 Å². The second-order valence-corrected chi connectivity index (χ2v) is 6.81. The highest BCUT2D eigenvalue weighted by atomic mass is 19.2. The standard InChI is InChI=1S/C20H15F4N5O2/c1-28(2)19-15(23)13(21)11(14(22)16(19)24)7-26-29-8-25-17-10-5-4-9(31-3)6-12(10)27-18(17)20(29)30/h4-8,27H,1-3H3. The first-order valence-corrected chi connectivity index (χ1v) is 8.89. The van der Waals surface area contributed by atoms with Crippen LogP contribution in [-0.4, -0.2) is 42.1 Å². The van der Waals surface area contributed by atoms with E-state index in [2.05, 4.69) is 15.1 Å². The maximum Gasteiger partial charge on any atom is 0.298 e. The number of anilines is 1. The zero-order valence-corrected chi connectivity index (χ0v) is 16.5. The first-order valence-electron chi connectivity index (χ1n) is 8.89. The van der Waals surface area contributed by atoms with Crippen LogP contribution in [0.5, 0.6) is 5.75 Å². The minimum Gasteiger partial charge on any atom is -0.497 e. The van der Waals surface area contributed by atoms with E-state index in [4.69, 9.17) is 4.74 Å². The molecule has 2 aromatic heterocycles. The highest BCUT2D eigenvalue weighted by molar-refractivity contribution is 6.04. The van der Waals surface area contributed by atoms with E-state index in [1.807, 2.05) is 0 Å². The Morgan fingerprint density at radius 2 is 1.81 bits per heavy atom. The predicted molar refractivity (Wildman–Crippen MR) is 108 cm³/mol. The van der Waals surface area contributed by atoms with E-state index in [0.29, 0.717) is 33.1 Å². The van der Waals surface area contributed by atoms with Crippen LogP contribution in [0.3, 0.4) is 0 Å². The van der Waals surface area contributed by atoms with Crippen LogP contribution in [0.15, 0.2) is 34.4 Å². The van der Waals surface area contributed by atoms with E-state index in [1.165, 1.54) is 21.2 Å². The molecule has 0 bridgehead atoms. The van der Waals surface area contributed by atoms with Crippen molar-refractivity contribution < 1.29 is 22.3 Å². The fourth-order valence-electron chi connectivity index (χ4n) is 3.20. The van der Waals surface area contributed by atoms with Crippen molar-refractivity contribution in [3.8, 4) is 5.75 Å². The molecule has 0 aliphatic heterocycles. The summed E-state index contributed by atoms with van der Waals surface area (Å²) in [6.45, 7) is 0. The molecule has 0 aliphatic rings. The first-order chi connectivity index (χ1) is 14.7. The van der Waals surface area contributed by atoms with Crippen molar-refractivity contribution in [3.63, 3.8) is 0 Å². The molecule has 0 radical (unpaired) electrons. The van der Waals surface area contributed by atoms with Gasteiger partial charge in [-0.1, -0.05) is 0 Å². The SMILES string of the molecule is COc1ccc2c(c1)[nH]c1c(=O)n(N=Cc3c(F)c(F)c(N(C)C)c(F)c3F)cnc12. The lowest BCUT2D eigenvalue weighted by Gasteiger charge is -2.16. The van der Waals surface area contributed by atoms with E-state index in [0.717, 1.165) is 11.2 Å². The molecule has 1 N–H and O–H groups in total. The average molecular weight is 433 g/mol. The maximum absolute atomic E-state index is 14.3. The van der Waals surface area contributed by atoms with Crippen LogP contribution in [0.25, 0.3) is 21.9 Å². The van der Waals surface area contributed by atoms with Gasteiger partial charge in [0.1, 0.15) is 28.8 Å².